The van der Waals surface area contributed by atoms with Crippen LogP contribution in [0.3, 0.4) is 0 Å². The van der Waals surface area contributed by atoms with Crippen LogP contribution in [0, 0.1) is 0 Å². The summed E-state index contributed by atoms with van der Waals surface area (Å²) in [6.45, 7) is 3.42. The minimum Gasteiger partial charge on any atom is -0.493 e. The van der Waals surface area contributed by atoms with Gasteiger partial charge < -0.3 is 14.4 Å². The molecule has 3 aromatic rings. The van der Waals surface area contributed by atoms with Crippen molar-refractivity contribution < 1.29 is 14.3 Å². The van der Waals surface area contributed by atoms with Crippen LogP contribution in [0.5, 0.6) is 11.5 Å². The Hall–Kier alpha value is -3.07. The highest BCUT2D eigenvalue weighted by atomic mass is 32.2. The van der Waals surface area contributed by atoms with Gasteiger partial charge in [-0.05, 0) is 70.6 Å². The van der Waals surface area contributed by atoms with E-state index in [1.165, 1.54) is 35.7 Å². The maximum Gasteiger partial charge on any atom is 0.233 e. The quantitative estimate of drug-likeness (QED) is 0.444. The molecule has 0 radical (unpaired) electrons. The summed E-state index contributed by atoms with van der Waals surface area (Å²) in [4.78, 5) is 14.8. The molecule has 1 aliphatic rings. The lowest BCUT2D eigenvalue weighted by atomic mass is 9.99. The fourth-order valence-corrected chi connectivity index (χ4v) is 4.72. The Balaban J connectivity index is 1.39. The molecule has 9 heteroatoms. The molecule has 0 atom stereocenters. The number of fused-ring (bicyclic) bond motifs is 1. The van der Waals surface area contributed by atoms with Crippen LogP contribution in [0.25, 0.3) is 5.69 Å². The maximum absolute atomic E-state index is 12.9. The van der Waals surface area contributed by atoms with Crippen LogP contribution in [0.2, 0.25) is 0 Å². The van der Waals surface area contributed by atoms with E-state index >= 15 is 0 Å². The third-order valence-corrected chi connectivity index (χ3v) is 6.74. The lowest BCUT2D eigenvalue weighted by Crippen LogP contribution is -2.37. The molecule has 1 aliphatic heterocycles. The van der Waals surface area contributed by atoms with E-state index in [4.69, 9.17) is 9.47 Å². The summed E-state index contributed by atoms with van der Waals surface area (Å²) in [5.41, 5.74) is 4.47. The summed E-state index contributed by atoms with van der Waals surface area (Å²) in [5.74, 6) is 1.74. The third kappa shape index (κ3) is 5.30. The third-order valence-electron chi connectivity index (χ3n) is 5.84. The van der Waals surface area contributed by atoms with E-state index in [0.29, 0.717) is 24.0 Å². The monoisotopic (exact) mass is 467 g/mol. The molecule has 2 aromatic carbocycles. The SMILES string of the molecule is CCCCc1ccc(-n2nnnc2SCC(=O)N2CCc3cc(OC)c(OC)cc3C2)cc1. The number of thioether (sulfide) groups is 1. The molecule has 33 heavy (non-hydrogen) atoms. The first-order chi connectivity index (χ1) is 16.1. The van der Waals surface area contributed by atoms with E-state index in [2.05, 4.69) is 34.6 Å². The number of rotatable bonds is 9. The second-order valence-electron chi connectivity index (χ2n) is 7.97. The number of aromatic nitrogens is 4. The number of benzene rings is 2. The summed E-state index contributed by atoms with van der Waals surface area (Å²) >= 11 is 1.35. The van der Waals surface area contributed by atoms with Crippen LogP contribution in [-0.4, -0.2) is 57.5 Å². The number of hydrogen-bond acceptors (Lipinski definition) is 7. The molecule has 0 N–H and O–H groups in total. The molecule has 0 bridgehead atoms. The number of carbonyl (C=O) groups excluding carboxylic acids is 1. The van der Waals surface area contributed by atoms with E-state index in [-0.39, 0.29) is 11.7 Å². The van der Waals surface area contributed by atoms with E-state index in [1.54, 1.807) is 18.9 Å². The zero-order valence-electron chi connectivity index (χ0n) is 19.3. The molecule has 4 rings (SSSR count). The molecule has 0 unspecified atom stereocenters. The van der Waals surface area contributed by atoms with Crippen molar-refractivity contribution >= 4 is 17.7 Å². The van der Waals surface area contributed by atoms with Crippen molar-refractivity contribution in [2.45, 2.75) is 44.3 Å². The minimum atomic E-state index is 0.0601. The first-order valence-corrected chi connectivity index (χ1v) is 12.1. The van der Waals surface area contributed by atoms with Crippen LogP contribution in [0.15, 0.2) is 41.6 Å². The predicted octanol–water partition coefficient (Wildman–Crippen LogP) is 3.70. The van der Waals surface area contributed by atoms with Crippen molar-refractivity contribution in [3.63, 3.8) is 0 Å². The Bertz CT molecular complexity index is 1100. The summed E-state index contributed by atoms with van der Waals surface area (Å²) < 4.78 is 12.5. The number of unbranched alkanes of at least 4 members (excludes halogenated alkanes) is 1. The van der Waals surface area contributed by atoms with Crippen molar-refractivity contribution in [2.75, 3.05) is 26.5 Å². The lowest BCUT2D eigenvalue weighted by molar-refractivity contribution is -0.129. The Kier molecular flexibility index (Phi) is 7.49. The smallest absolute Gasteiger partial charge is 0.233 e. The number of hydrogen-bond donors (Lipinski definition) is 0. The van der Waals surface area contributed by atoms with Crippen molar-refractivity contribution in [2.24, 2.45) is 0 Å². The number of methoxy groups -OCH3 is 2. The normalized spacial score (nSPS) is 13.0. The summed E-state index contributed by atoms with van der Waals surface area (Å²) in [7, 11) is 3.25. The largest absolute Gasteiger partial charge is 0.493 e. The van der Waals surface area contributed by atoms with Crippen molar-refractivity contribution in [1.82, 2.24) is 25.1 Å². The van der Waals surface area contributed by atoms with Gasteiger partial charge in [0.2, 0.25) is 11.1 Å². The molecule has 2 heterocycles. The zero-order chi connectivity index (χ0) is 23.2. The number of carbonyl (C=O) groups is 1. The molecule has 0 fully saturated rings. The lowest BCUT2D eigenvalue weighted by Gasteiger charge is -2.29. The topological polar surface area (TPSA) is 82.4 Å². The number of ether oxygens (including phenoxy) is 2. The van der Waals surface area contributed by atoms with Crippen molar-refractivity contribution in [3.05, 3.63) is 53.1 Å². The van der Waals surface area contributed by atoms with Gasteiger partial charge in [-0.2, -0.15) is 4.68 Å². The van der Waals surface area contributed by atoms with Crippen LogP contribution in [0.1, 0.15) is 36.5 Å². The zero-order valence-corrected chi connectivity index (χ0v) is 20.1. The Morgan fingerprint density at radius 2 is 1.82 bits per heavy atom. The van der Waals surface area contributed by atoms with Gasteiger partial charge in [-0.15, -0.1) is 5.10 Å². The van der Waals surface area contributed by atoms with Crippen LogP contribution in [0.4, 0.5) is 0 Å². The number of aryl methyl sites for hydroxylation is 1. The molecule has 0 saturated heterocycles. The van der Waals surface area contributed by atoms with Crippen molar-refractivity contribution in [3.8, 4) is 17.2 Å². The highest BCUT2D eigenvalue weighted by molar-refractivity contribution is 7.99. The molecule has 8 nitrogen and oxygen atoms in total. The molecule has 0 saturated carbocycles. The maximum atomic E-state index is 12.9. The molecule has 0 spiro atoms. The molecular formula is C24H29N5O3S. The van der Waals surface area contributed by atoms with Gasteiger partial charge in [0.1, 0.15) is 0 Å². The van der Waals surface area contributed by atoms with Gasteiger partial charge in [-0.3, -0.25) is 4.79 Å². The first kappa shape index (κ1) is 23.1. The van der Waals surface area contributed by atoms with E-state index in [1.807, 2.05) is 29.2 Å². The highest BCUT2D eigenvalue weighted by Gasteiger charge is 2.23. The molecule has 0 aliphatic carbocycles. The number of nitrogens with zero attached hydrogens (tertiary/aromatic N) is 5. The Morgan fingerprint density at radius 1 is 1.09 bits per heavy atom. The van der Waals surface area contributed by atoms with E-state index in [9.17, 15) is 4.79 Å². The first-order valence-electron chi connectivity index (χ1n) is 11.1. The minimum absolute atomic E-state index is 0.0601. The fraction of sp³-hybridized carbons (Fsp3) is 0.417. The van der Waals surface area contributed by atoms with Gasteiger partial charge in [0.15, 0.2) is 11.5 Å². The van der Waals surface area contributed by atoms with Crippen LogP contribution in [-0.2, 0) is 24.2 Å². The Labute approximate surface area is 198 Å². The van der Waals surface area contributed by atoms with Crippen LogP contribution >= 0.6 is 11.8 Å². The van der Waals surface area contributed by atoms with E-state index < -0.39 is 0 Å². The molecule has 1 amide bonds. The molecular weight excluding hydrogens is 438 g/mol. The van der Waals surface area contributed by atoms with Gasteiger partial charge in [0.25, 0.3) is 0 Å². The number of amides is 1. The predicted molar refractivity (Wildman–Crippen MR) is 127 cm³/mol. The van der Waals surface area contributed by atoms with Crippen LogP contribution < -0.4 is 9.47 Å². The summed E-state index contributed by atoms with van der Waals surface area (Å²) in [6.07, 6.45) is 4.21. The summed E-state index contributed by atoms with van der Waals surface area (Å²) in [6, 6.07) is 12.2. The van der Waals surface area contributed by atoms with E-state index in [0.717, 1.165) is 29.8 Å². The van der Waals surface area contributed by atoms with Gasteiger partial charge in [0, 0.05) is 13.1 Å². The van der Waals surface area contributed by atoms with Gasteiger partial charge in [-0.1, -0.05) is 37.2 Å². The van der Waals surface area contributed by atoms with Gasteiger partial charge >= 0.3 is 0 Å². The van der Waals surface area contributed by atoms with Crippen molar-refractivity contribution in [1.29, 1.82) is 0 Å². The summed E-state index contributed by atoms with van der Waals surface area (Å²) in [5, 5.41) is 12.7. The highest BCUT2D eigenvalue weighted by Crippen LogP contribution is 2.33. The molecule has 174 valence electrons. The number of tetrazole rings is 1. The average molecular weight is 468 g/mol. The standard InChI is InChI=1S/C24H29N5O3S/c1-4-5-6-17-7-9-20(10-8-17)29-24(25-26-27-29)33-16-23(30)28-12-11-18-13-21(31-2)22(32-3)14-19(18)15-28/h7-10,13-14H,4-6,11-12,15-16H2,1-3H3. The fourth-order valence-electron chi connectivity index (χ4n) is 3.93. The van der Waals surface area contributed by atoms with Gasteiger partial charge in [0.05, 0.1) is 25.7 Å². The van der Waals surface area contributed by atoms with Gasteiger partial charge in [-0.25, -0.2) is 0 Å². The Morgan fingerprint density at radius 3 is 2.52 bits per heavy atom. The average Bonchev–Trinajstić information content (AvgIpc) is 3.33. The second-order valence-corrected chi connectivity index (χ2v) is 8.92. The molecule has 1 aromatic heterocycles. The second kappa shape index (κ2) is 10.7.